The third-order valence-electron chi connectivity index (χ3n) is 2.73. The minimum atomic E-state index is -0.599. The summed E-state index contributed by atoms with van der Waals surface area (Å²) >= 11 is 2.09. The Morgan fingerprint density at radius 2 is 1.90 bits per heavy atom. The lowest BCUT2D eigenvalue weighted by Gasteiger charge is -2.08. The fourth-order valence-electron chi connectivity index (χ4n) is 1.70. The van der Waals surface area contributed by atoms with Gasteiger partial charge in [-0.3, -0.25) is 20.8 Å². The second kappa shape index (κ2) is 6.50. The van der Waals surface area contributed by atoms with Crippen molar-refractivity contribution in [1.82, 2.24) is 0 Å². The highest BCUT2D eigenvalue weighted by atomic mass is 127. The molecular formula is C13H11IN4O3. The molecule has 0 aromatic heterocycles. The van der Waals surface area contributed by atoms with E-state index in [1.807, 2.05) is 12.1 Å². The van der Waals surface area contributed by atoms with Gasteiger partial charge in [-0.2, -0.15) is 0 Å². The van der Waals surface area contributed by atoms with Crippen LogP contribution in [0, 0.1) is 13.7 Å². The van der Waals surface area contributed by atoms with E-state index in [1.54, 1.807) is 12.1 Å². The maximum atomic E-state index is 12.2. The number of para-hydroxylation sites is 1. The first-order valence-corrected chi connectivity index (χ1v) is 6.91. The average Bonchev–Trinajstić information content (AvgIpc) is 2.48. The lowest BCUT2D eigenvalue weighted by molar-refractivity contribution is -0.384. The fourth-order valence-corrected chi connectivity index (χ4v) is 2.23. The molecule has 0 fully saturated rings. The van der Waals surface area contributed by atoms with Gasteiger partial charge in [0, 0.05) is 15.2 Å². The number of nitrogens with two attached hydrogens (primary N) is 1. The van der Waals surface area contributed by atoms with Gasteiger partial charge in [0.15, 0.2) is 0 Å². The van der Waals surface area contributed by atoms with Crippen LogP contribution < -0.4 is 16.6 Å². The Morgan fingerprint density at radius 1 is 1.19 bits per heavy atom. The molecular weight excluding hydrogens is 387 g/mol. The lowest BCUT2D eigenvalue weighted by Crippen LogP contribution is -2.14. The van der Waals surface area contributed by atoms with E-state index in [9.17, 15) is 14.9 Å². The Labute approximate surface area is 133 Å². The van der Waals surface area contributed by atoms with Crippen LogP contribution in [0.4, 0.5) is 17.1 Å². The first kappa shape index (κ1) is 15.2. The third kappa shape index (κ3) is 3.47. The van der Waals surface area contributed by atoms with Gasteiger partial charge in [0.25, 0.3) is 11.6 Å². The van der Waals surface area contributed by atoms with Crippen LogP contribution in [0.15, 0.2) is 42.5 Å². The molecule has 0 saturated heterocycles. The van der Waals surface area contributed by atoms with Crippen LogP contribution in [-0.4, -0.2) is 10.8 Å². The molecule has 0 unspecified atom stereocenters. The number of nitro benzene ring substituents is 1. The zero-order valence-corrected chi connectivity index (χ0v) is 12.8. The van der Waals surface area contributed by atoms with Crippen molar-refractivity contribution in [3.63, 3.8) is 0 Å². The minimum absolute atomic E-state index is 0.144. The molecule has 0 radical (unpaired) electrons. The monoisotopic (exact) mass is 398 g/mol. The Morgan fingerprint density at radius 3 is 2.52 bits per heavy atom. The molecule has 108 valence electrons. The summed E-state index contributed by atoms with van der Waals surface area (Å²) in [6, 6.07) is 11.3. The molecule has 0 aliphatic heterocycles. The summed E-state index contributed by atoms with van der Waals surface area (Å²) in [5.74, 6) is 4.78. The van der Waals surface area contributed by atoms with Gasteiger partial charge in [0.1, 0.15) is 5.69 Å². The van der Waals surface area contributed by atoms with E-state index < -0.39 is 10.8 Å². The Hall–Kier alpha value is -2.20. The predicted molar refractivity (Wildman–Crippen MR) is 88.0 cm³/mol. The lowest BCUT2D eigenvalue weighted by atomic mass is 10.1. The zero-order valence-electron chi connectivity index (χ0n) is 10.7. The molecule has 21 heavy (non-hydrogen) atoms. The molecule has 2 aromatic carbocycles. The number of nitro groups is 1. The van der Waals surface area contributed by atoms with Gasteiger partial charge in [0.05, 0.1) is 10.6 Å². The van der Waals surface area contributed by atoms with E-state index in [4.69, 9.17) is 5.84 Å². The van der Waals surface area contributed by atoms with Gasteiger partial charge < -0.3 is 10.7 Å². The molecule has 1 amide bonds. The summed E-state index contributed by atoms with van der Waals surface area (Å²) in [6.45, 7) is 0. The molecule has 7 nitrogen and oxygen atoms in total. The number of nitrogens with one attached hydrogen (secondary N) is 2. The second-order valence-corrected chi connectivity index (χ2v) is 5.23. The summed E-state index contributed by atoms with van der Waals surface area (Å²) < 4.78 is 0.873. The smallest absolute Gasteiger partial charge is 0.294 e. The van der Waals surface area contributed by atoms with Crippen molar-refractivity contribution in [3.8, 4) is 0 Å². The van der Waals surface area contributed by atoms with Crippen LogP contribution in [0.5, 0.6) is 0 Å². The number of carbonyl (C=O) groups is 1. The van der Waals surface area contributed by atoms with Crippen LogP contribution >= 0.6 is 22.6 Å². The zero-order chi connectivity index (χ0) is 15.4. The largest absolute Gasteiger partial charge is 0.321 e. The summed E-state index contributed by atoms with van der Waals surface area (Å²) in [7, 11) is 0. The molecule has 8 heteroatoms. The maximum Gasteiger partial charge on any atom is 0.294 e. The molecule has 0 aliphatic carbocycles. The number of halogens is 1. The Balaban J connectivity index is 2.30. The topological polar surface area (TPSA) is 110 Å². The molecule has 0 atom stereocenters. The Kier molecular flexibility index (Phi) is 4.70. The predicted octanol–water partition coefficient (Wildman–Crippen LogP) is 2.74. The highest BCUT2D eigenvalue weighted by Crippen LogP contribution is 2.25. The van der Waals surface area contributed by atoms with Crippen molar-refractivity contribution in [2.75, 3.05) is 10.7 Å². The number of carbonyl (C=O) groups excluding carboxylic acids is 1. The second-order valence-electron chi connectivity index (χ2n) is 4.07. The van der Waals surface area contributed by atoms with Crippen molar-refractivity contribution in [2.45, 2.75) is 0 Å². The van der Waals surface area contributed by atoms with Crippen molar-refractivity contribution in [3.05, 3.63) is 61.7 Å². The molecule has 2 rings (SSSR count). The van der Waals surface area contributed by atoms with Crippen LogP contribution in [-0.2, 0) is 0 Å². The molecule has 2 aromatic rings. The maximum absolute atomic E-state index is 12.2. The summed E-state index contributed by atoms with van der Waals surface area (Å²) in [4.78, 5) is 22.5. The molecule has 0 spiro atoms. The number of rotatable bonds is 4. The molecule has 4 N–H and O–H groups in total. The van der Waals surface area contributed by atoms with Crippen LogP contribution in [0.1, 0.15) is 10.4 Å². The van der Waals surface area contributed by atoms with Crippen molar-refractivity contribution in [1.29, 1.82) is 0 Å². The standard InChI is InChI=1S/C13H11IN4O3/c14-9-3-1-2-4-10(9)16-13(19)8-5-6-11(17-15)12(7-8)18(20)21/h1-7,17H,15H2,(H,16,19). The summed E-state index contributed by atoms with van der Waals surface area (Å²) in [5.41, 5.74) is 2.94. The summed E-state index contributed by atoms with van der Waals surface area (Å²) in [5, 5.41) is 13.7. The van der Waals surface area contributed by atoms with E-state index in [2.05, 4.69) is 33.3 Å². The van der Waals surface area contributed by atoms with E-state index >= 15 is 0 Å². The number of nitrogens with zero attached hydrogens (tertiary/aromatic N) is 1. The first-order chi connectivity index (χ1) is 10.0. The van der Waals surface area contributed by atoms with Crippen molar-refractivity contribution < 1.29 is 9.72 Å². The van der Waals surface area contributed by atoms with Crippen LogP contribution in [0.2, 0.25) is 0 Å². The van der Waals surface area contributed by atoms with Gasteiger partial charge in [0.2, 0.25) is 0 Å². The highest BCUT2D eigenvalue weighted by Gasteiger charge is 2.17. The van der Waals surface area contributed by atoms with Crippen LogP contribution in [0.3, 0.4) is 0 Å². The molecule has 0 bridgehead atoms. The molecule has 0 saturated carbocycles. The van der Waals surface area contributed by atoms with Gasteiger partial charge in [-0.05, 0) is 46.9 Å². The van der Waals surface area contributed by atoms with E-state index in [0.717, 1.165) is 3.57 Å². The van der Waals surface area contributed by atoms with Gasteiger partial charge in [-0.1, -0.05) is 12.1 Å². The molecule has 0 aliphatic rings. The minimum Gasteiger partial charge on any atom is -0.321 e. The number of amides is 1. The first-order valence-electron chi connectivity index (χ1n) is 5.84. The van der Waals surface area contributed by atoms with Gasteiger partial charge in [-0.15, -0.1) is 0 Å². The van der Waals surface area contributed by atoms with Crippen molar-refractivity contribution >= 4 is 45.6 Å². The molecule has 0 heterocycles. The van der Waals surface area contributed by atoms with E-state index in [-0.39, 0.29) is 16.9 Å². The number of benzene rings is 2. The summed E-state index contributed by atoms with van der Waals surface area (Å²) in [6.07, 6.45) is 0. The number of hydrogen-bond acceptors (Lipinski definition) is 5. The normalized spacial score (nSPS) is 10.0. The number of hydrazine groups is 1. The number of anilines is 2. The number of hydrogen-bond donors (Lipinski definition) is 3. The SMILES string of the molecule is NNc1ccc(C(=O)Nc2ccccc2I)cc1[N+](=O)[O-]. The van der Waals surface area contributed by atoms with E-state index in [1.165, 1.54) is 18.2 Å². The van der Waals surface area contributed by atoms with Crippen LogP contribution in [0.25, 0.3) is 0 Å². The van der Waals surface area contributed by atoms with Gasteiger partial charge >= 0.3 is 0 Å². The van der Waals surface area contributed by atoms with E-state index in [0.29, 0.717) is 5.69 Å². The number of nitrogen functional groups attached to an aromatic ring is 1. The third-order valence-corrected chi connectivity index (χ3v) is 3.67. The fraction of sp³-hybridized carbons (Fsp3) is 0. The average molecular weight is 398 g/mol. The van der Waals surface area contributed by atoms with Gasteiger partial charge in [-0.25, -0.2) is 0 Å². The van der Waals surface area contributed by atoms with Crippen molar-refractivity contribution in [2.24, 2.45) is 5.84 Å². The Bertz CT molecular complexity index is 706. The highest BCUT2D eigenvalue weighted by molar-refractivity contribution is 14.1. The quantitative estimate of drug-likeness (QED) is 0.318.